The van der Waals surface area contributed by atoms with Gasteiger partial charge in [-0.3, -0.25) is 14.4 Å². The van der Waals surface area contributed by atoms with Crippen LogP contribution in [0.25, 0.3) is 0 Å². The largest absolute Gasteiger partial charge is 0.541 e. The van der Waals surface area contributed by atoms with Gasteiger partial charge in [0.1, 0.15) is 16.5 Å². The fourth-order valence-corrected chi connectivity index (χ4v) is 8.82. The molecule has 17 heteroatoms. The normalized spacial score (nSPS) is 18.9. The number of piperidine rings is 2. The van der Waals surface area contributed by atoms with Crippen LogP contribution in [0.15, 0.2) is 35.2 Å². The van der Waals surface area contributed by atoms with Crippen molar-refractivity contribution in [2.45, 2.75) is 75.5 Å². The number of hydrogen-bond donors (Lipinski definition) is 4. The molecule has 0 aliphatic carbocycles. The molecule has 3 amide bonds. The molecule has 11 nitrogen and oxygen atoms in total. The summed E-state index contributed by atoms with van der Waals surface area (Å²) in [4.78, 5) is 38.4. The number of anilines is 2. The van der Waals surface area contributed by atoms with Crippen molar-refractivity contribution in [1.29, 1.82) is 0 Å². The maximum atomic E-state index is 14.9. The van der Waals surface area contributed by atoms with Crippen LogP contribution in [0.2, 0.25) is 28.2 Å². The van der Waals surface area contributed by atoms with Crippen molar-refractivity contribution in [3.63, 3.8) is 0 Å². The topological polar surface area (TPSA) is 146 Å². The van der Waals surface area contributed by atoms with Crippen LogP contribution < -0.4 is 25.7 Å². The maximum absolute atomic E-state index is 14.9. The first-order chi connectivity index (χ1) is 21.8. The van der Waals surface area contributed by atoms with Crippen LogP contribution in [0.4, 0.5) is 15.8 Å². The predicted octanol–water partition coefficient (Wildman–Crippen LogP) is 5.65. The number of rotatable bonds is 8. The standard InChI is InChI=1S/C30H38Cl2FN5O6S2Si/c1-30(2,3)47(4,5)44-26-23(37-29(45)36-22-8-6-18(33)15-21(22)32)9-7-20(31)27(26)46(42,43)38(19-11-13-35-25(40)16-19)28(41)17-10-12-34-24(39)14-17/h6-9,15,17,19H,10-14,16H2,1-5H3,(H,34,39)(H,35,40)(H2,36,37,45). The van der Waals surface area contributed by atoms with Crippen molar-refractivity contribution in [3.05, 3.63) is 46.2 Å². The molecule has 0 saturated carbocycles. The van der Waals surface area contributed by atoms with E-state index in [1.54, 1.807) is 0 Å². The van der Waals surface area contributed by atoms with Gasteiger partial charge in [-0.2, -0.15) is 0 Å². The molecule has 2 aromatic carbocycles. The van der Waals surface area contributed by atoms with E-state index in [0.717, 1.165) is 10.4 Å². The number of hydrogen-bond acceptors (Lipinski definition) is 7. The van der Waals surface area contributed by atoms with E-state index >= 15 is 0 Å². The summed E-state index contributed by atoms with van der Waals surface area (Å²) >= 11 is 18.4. The number of amides is 3. The summed E-state index contributed by atoms with van der Waals surface area (Å²) in [6.45, 7) is 10.1. The highest BCUT2D eigenvalue weighted by Crippen LogP contribution is 2.46. The van der Waals surface area contributed by atoms with Crippen LogP contribution in [0.3, 0.4) is 0 Å². The molecule has 4 rings (SSSR count). The number of nitrogens with one attached hydrogen (secondary N) is 4. The van der Waals surface area contributed by atoms with Crippen LogP contribution in [0.1, 0.15) is 46.5 Å². The van der Waals surface area contributed by atoms with E-state index in [9.17, 15) is 27.2 Å². The Morgan fingerprint density at radius 3 is 2.19 bits per heavy atom. The first-order valence-electron chi connectivity index (χ1n) is 15.0. The zero-order valence-electron chi connectivity index (χ0n) is 26.6. The minimum Gasteiger partial charge on any atom is -0.541 e. The Labute approximate surface area is 290 Å². The van der Waals surface area contributed by atoms with Crippen LogP contribution in [-0.4, -0.2) is 63.0 Å². The third kappa shape index (κ3) is 8.36. The molecule has 2 aromatic rings. The number of thiocarbonyl (C=S) groups is 1. The Morgan fingerprint density at radius 1 is 1.00 bits per heavy atom. The lowest BCUT2D eigenvalue weighted by Crippen LogP contribution is -2.54. The van der Waals surface area contributed by atoms with Gasteiger partial charge in [-0.15, -0.1) is 0 Å². The number of sulfonamides is 1. The van der Waals surface area contributed by atoms with Crippen LogP contribution in [0, 0.1) is 11.7 Å². The maximum Gasteiger partial charge on any atom is 0.271 e. The van der Waals surface area contributed by atoms with Crippen molar-refractivity contribution < 1.29 is 31.6 Å². The summed E-state index contributed by atoms with van der Waals surface area (Å²) in [6.07, 6.45) is -0.0668. The zero-order valence-corrected chi connectivity index (χ0v) is 30.8. The molecule has 47 heavy (non-hydrogen) atoms. The summed E-state index contributed by atoms with van der Waals surface area (Å²) in [5.41, 5.74) is 0.419. The molecule has 0 aromatic heterocycles. The van der Waals surface area contributed by atoms with Gasteiger partial charge in [0.05, 0.1) is 27.5 Å². The van der Waals surface area contributed by atoms with Gasteiger partial charge < -0.3 is 25.7 Å². The van der Waals surface area contributed by atoms with Crippen LogP contribution >= 0.6 is 35.4 Å². The molecule has 256 valence electrons. The van der Waals surface area contributed by atoms with Crippen molar-refractivity contribution in [2.24, 2.45) is 5.92 Å². The van der Waals surface area contributed by atoms with Gasteiger partial charge in [-0.05, 0) is 73.5 Å². The van der Waals surface area contributed by atoms with Gasteiger partial charge >= 0.3 is 0 Å². The smallest absolute Gasteiger partial charge is 0.271 e. The van der Waals surface area contributed by atoms with E-state index in [4.69, 9.17) is 39.8 Å². The van der Waals surface area contributed by atoms with Gasteiger partial charge in [0.2, 0.25) is 17.7 Å². The summed E-state index contributed by atoms with van der Waals surface area (Å²) in [5, 5.41) is 10.6. The molecule has 2 saturated heterocycles. The molecule has 0 spiro atoms. The number of nitrogens with zero attached hydrogens (tertiary/aromatic N) is 1. The van der Waals surface area contributed by atoms with E-state index < -0.39 is 57.9 Å². The summed E-state index contributed by atoms with van der Waals surface area (Å²) in [5.74, 6) is -3.20. The van der Waals surface area contributed by atoms with E-state index in [1.165, 1.54) is 24.3 Å². The van der Waals surface area contributed by atoms with Crippen molar-refractivity contribution in [3.8, 4) is 5.75 Å². The Hall–Kier alpha value is -2.98. The van der Waals surface area contributed by atoms with Crippen LogP contribution in [-0.2, 0) is 24.4 Å². The zero-order chi connectivity index (χ0) is 34.9. The van der Waals surface area contributed by atoms with Gasteiger partial charge in [0.15, 0.2) is 5.11 Å². The summed E-state index contributed by atoms with van der Waals surface area (Å²) < 4.78 is 50.8. The molecule has 0 bridgehead atoms. The van der Waals surface area contributed by atoms with Crippen molar-refractivity contribution in [1.82, 2.24) is 14.9 Å². The van der Waals surface area contributed by atoms with Gasteiger partial charge in [-0.25, -0.2) is 17.1 Å². The lowest BCUT2D eigenvalue weighted by molar-refractivity contribution is -0.138. The second-order valence-corrected chi connectivity index (χ2v) is 20.7. The summed E-state index contributed by atoms with van der Waals surface area (Å²) in [6, 6.07) is 5.51. The molecular weight excluding hydrogens is 708 g/mol. The van der Waals surface area contributed by atoms with E-state index in [0.29, 0.717) is 5.69 Å². The Bertz CT molecular complexity index is 1710. The fourth-order valence-electron chi connectivity index (χ4n) is 4.99. The monoisotopic (exact) mass is 745 g/mol. The molecule has 2 atom stereocenters. The molecule has 2 aliphatic heterocycles. The summed E-state index contributed by atoms with van der Waals surface area (Å²) in [7, 11) is -7.64. The lowest BCUT2D eigenvalue weighted by atomic mass is 9.95. The molecule has 2 unspecified atom stereocenters. The third-order valence-corrected chi connectivity index (χ3v) is 15.7. The Kier molecular flexibility index (Phi) is 11.2. The molecular formula is C30H38Cl2FN5O6S2Si. The average Bonchev–Trinajstić information content (AvgIpc) is 2.95. The average molecular weight is 747 g/mol. The first-order valence-corrected chi connectivity index (χ1v) is 20.5. The lowest BCUT2D eigenvalue weighted by Gasteiger charge is -2.39. The van der Waals surface area contributed by atoms with Crippen molar-refractivity contribution >= 4 is 88.0 Å². The van der Waals surface area contributed by atoms with Crippen molar-refractivity contribution in [2.75, 3.05) is 23.7 Å². The minimum atomic E-state index is -4.83. The van der Waals surface area contributed by atoms with E-state index in [1.807, 2.05) is 33.9 Å². The quantitative estimate of drug-likeness (QED) is 0.199. The van der Waals surface area contributed by atoms with Crippen LogP contribution in [0.5, 0.6) is 5.75 Å². The Morgan fingerprint density at radius 2 is 1.60 bits per heavy atom. The highest BCUT2D eigenvalue weighted by atomic mass is 35.5. The molecule has 4 N–H and O–H groups in total. The number of halogens is 3. The van der Waals surface area contributed by atoms with Gasteiger partial charge in [0, 0.05) is 31.8 Å². The molecule has 0 radical (unpaired) electrons. The number of carbonyl (C=O) groups excluding carboxylic acids is 3. The minimum absolute atomic E-state index is 0.0191. The third-order valence-electron chi connectivity index (χ3n) is 8.54. The fraction of sp³-hybridized carbons (Fsp3) is 0.467. The second-order valence-electron chi connectivity index (χ2n) is 13.0. The molecule has 2 heterocycles. The number of benzene rings is 2. The second kappa shape index (κ2) is 14.2. The molecule has 2 aliphatic rings. The van der Waals surface area contributed by atoms with E-state index in [2.05, 4.69) is 21.3 Å². The van der Waals surface area contributed by atoms with Gasteiger partial charge in [-0.1, -0.05) is 44.0 Å². The number of carbonyl (C=O) groups is 3. The SMILES string of the molecule is CC(C)(C)[Si](C)(C)Oc1c(NC(=S)Nc2ccc(F)cc2Cl)ccc(Cl)c1S(=O)(=O)N(C(=O)C1CCNC(=O)C1)C1CCNC(=O)C1. The Balaban J connectivity index is 1.87. The molecule has 2 fully saturated rings. The van der Waals surface area contributed by atoms with E-state index in [-0.39, 0.29) is 71.3 Å². The highest BCUT2D eigenvalue weighted by Gasteiger charge is 2.46. The highest BCUT2D eigenvalue weighted by molar-refractivity contribution is 7.90. The van der Waals surface area contributed by atoms with Gasteiger partial charge in [0.25, 0.3) is 18.3 Å². The predicted molar refractivity (Wildman–Crippen MR) is 186 cm³/mol. The first kappa shape index (κ1) is 36.8.